The van der Waals surface area contributed by atoms with Crippen molar-refractivity contribution in [3.8, 4) is 0 Å². The number of rotatable bonds is 2. The van der Waals surface area contributed by atoms with E-state index in [0.29, 0.717) is 12.8 Å². The summed E-state index contributed by atoms with van der Waals surface area (Å²) in [7, 11) is -4.67. The third-order valence-corrected chi connectivity index (χ3v) is 9.05. The molecular weight excluding hydrogens is 480 g/mol. The van der Waals surface area contributed by atoms with Crippen LogP contribution in [0.15, 0.2) is 23.8 Å². The Balaban J connectivity index is 0.000000527. The van der Waals surface area contributed by atoms with Crippen molar-refractivity contribution in [3.05, 3.63) is 23.8 Å². The van der Waals surface area contributed by atoms with Gasteiger partial charge in [-0.3, -0.25) is 18.7 Å². The number of carbonyl (C=O) groups excluding carboxylic acids is 2. The van der Waals surface area contributed by atoms with Gasteiger partial charge in [0.05, 0.1) is 12.2 Å². The fraction of sp³-hybridized carbons (Fsp3) is 0.750. The van der Waals surface area contributed by atoms with Crippen LogP contribution in [0.1, 0.15) is 53.4 Å². The van der Waals surface area contributed by atoms with Gasteiger partial charge in [-0.25, -0.2) is 0 Å². The van der Waals surface area contributed by atoms with Gasteiger partial charge in [0, 0.05) is 16.7 Å². The van der Waals surface area contributed by atoms with Crippen molar-refractivity contribution in [1.82, 2.24) is 0 Å². The number of Topliss-reactive ketones (excluding diaryl/α,β-unsaturated/α-hetero) is 1. The van der Waals surface area contributed by atoms with E-state index in [1.807, 2.05) is 13.0 Å². The van der Waals surface area contributed by atoms with Gasteiger partial charge in [-0.05, 0) is 63.5 Å². The van der Waals surface area contributed by atoms with Crippen molar-refractivity contribution in [2.45, 2.75) is 77.0 Å². The summed E-state index contributed by atoms with van der Waals surface area (Å²) in [6, 6.07) is 0. The standard InChI is InChI=1S/C24H32O6.H2O4S/c1-21(2)29-19-10-16-15-6-5-13-9-14(26)7-8-22(13,3)20(15)17(27)11-23(16,4)24(19,30-21)18(28)12-25;1-5(2,3)4/h7-9,15-17,19-20,25,27H,5-6,10-12H2,1-4H3;(H2,1,2,3,4)/t15-,16-,17-,19+,20+,22-,23-,24+;/m0./s1. The molecule has 1 saturated heterocycles. The molecule has 0 spiro atoms. The van der Waals surface area contributed by atoms with Crippen LogP contribution in [0.25, 0.3) is 0 Å². The van der Waals surface area contributed by atoms with Gasteiger partial charge in [0.15, 0.2) is 23.0 Å². The quantitative estimate of drug-likeness (QED) is 0.398. The van der Waals surface area contributed by atoms with E-state index in [9.17, 15) is 19.8 Å². The first-order chi connectivity index (χ1) is 16.0. The topological polar surface area (TPSA) is 168 Å². The normalized spacial score (nSPS) is 45.3. The average molecular weight is 515 g/mol. The van der Waals surface area contributed by atoms with Crippen LogP contribution in [0.2, 0.25) is 0 Å². The van der Waals surface area contributed by atoms with Crippen LogP contribution in [0.3, 0.4) is 0 Å². The van der Waals surface area contributed by atoms with Gasteiger partial charge in [-0.1, -0.05) is 25.5 Å². The first-order valence-corrected chi connectivity index (χ1v) is 13.2. The lowest BCUT2D eigenvalue weighted by molar-refractivity contribution is -0.225. The summed E-state index contributed by atoms with van der Waals surface area (Å²) in [5.41, 5.74) is -1.12. The molecule has 5 aliphatic rings. The molecule has 0 aromatic heterocycles. The van der Waals surface area contributed by atoms with Gasteiger partial charge in [-0.2, -0.15) is 8.42 Å². The highest BCUT2D eigenvalue weighted by atomic mass is 32.3. The van der Waals surface area contributed by atoms with Crippen molar-refractivity contribution in [1.29, 1.82) is 0 Å². The fourth-order valence-electron chi connectivity index (χ4n) is 8.04. The van der Waals surface area contributed by atoms with Crippen LogP contribution in [0, 0.1) is 28.6 Å². The van der Waals surface area contributed by atoms with Crippen molar-refractivity contribution < 1.29 is 46.8 Å². The Bertz CT molecular complexity index is 1090. The molecule has 196 valence electrons. The Morgan fingerprint density at radius 3 is 2.43 bits per heavy atom. The molecule has 0 amide bonds. The van der Waals surface area contributed by atoms with E-state index in [2.05, 4.69) is 6.92 Å². The van der Waals surface area contributed by atoms with Crippen LogP contribution in [-0.2, 0) is 29.5 Å². The number of allylic oxidation sites excluding steroid dienone is 4. The fourth-order valence-corrected chi connectivity index (χ4v) is 8.04. The predicted octanol–water partition coefficient (Wildman–Crippen LogP) is 1.67. The number of fused-ring (bicyclic) bond motifs is 7. The van der Waals surface area contributed by atoms with Gasteiger partial charge in [0.1, 0.15) is 6.61 Å². The lowest BCUT2D eigenvalue weighted by Crippen LogP contribution is -2.63. The molecule has 10 nitrogen and oxygen atoms in total. The van der Waals surface area contributed by atoms with Gasteiger partial charge < -0.3 is 19.7 Å². The second-order valence-electron chi connectivity index (χ2n) is 11.3. The smallest absolute Gasteiger partial charge is 0.393 e. The Morgan fingerprint density at radius 1 is 1.20 bits per heavy atom. The number of aliphatic hydroxyl groups is 2. The third-order valence-electron chi connectivity index (χ3n) is 9.05. The Hall–Kier alpha value is -1.47. The van der Waals surface area contributed by atoms with Gasteiger partial charge in [-0.15, -0.1) is 0 Å². The van der Waals surface area contributed by atoms with E-state index < -0.39 is 46.0 Å². The lowest BCUT2D eigenvalue weighted by Gasteiger charge is -2.59. The monoisotopic (exact) mass is 514 g/mol. The molecule has 0 aromatic rings. The largest absolute Gasteiger partial charge is 0.394 e. The van der Waals surface area contributed by atoms with E-state index >= 15 is 0 Å². The maximum absolute atomic E-state index is 13.2. The van der Waals surface area contributed by atoms with E-state index in [0.717, 1.165) is 18.4 Å². The maximum atomic E-state index is 13.2. The number of ether oxygens (including phenoxy) is 2. The molecule has 0 unspecified atom stereocenters. The molecule has 8 atom stereocenters. The molecule has 5 rings (SSSR count). The molecule has 0 bridgehead atoms. The molecule has 4 aliphatic carbocycles. The minimum atomic E-state index is -4.67. The molecule has 1 aliphatic heterocycles. The number of aliphatic hydroxyl groups excluding tert-OH is 2. The van der Waals surface area contributed by atoms with Crippen LogP contribution < -0.4 is 0 Å². The zero-order chi connectivity index (χ0) is 26.2. The molecule has 0 radical (unpaired) electrons. The molecule has 4 fully saturated rings. The van der Waals surface area contributed by atoms with Crippen molar-refractivity contribution in [2.24, 2.45) is 28.6 Å². The van der Waals surface area contributed by atoms with Crippen molar-refractivity contribution in [2.75, 3.05) is 6.61 Å². The Kier molecular flexibility index (Phi) is 6.28. The van der Waals surface area contributed by atoms with E-state index in [4.69, 9.17) is 27.0 Å². The second kappa shape index (κ2) is 8.27. The summed E-state index contributed by atoms with van der Waals surface area (Å²) in [6.45, 7) is 7.19. The minimum absolute atomic E-state index is 0.0167. The maximum Gasteiger partial charge on any atom is 0.394 e. The number of hydrogen-bond acceptors (Lipinski definition) is 8. The van der Waals surface area contributed by atoms with Gasteiger partial charge in [0.25, 0.3) is 0 Å². The summed E-state index contributed by atoms with van der Waals surface area (Å²) in [5.74, 6) is -0.947. The highest BCUT2D eigenvalue weighted by Crippen LogP contribution is 2.70. The molecule has 35 heavy (non-hydrogen) atoms. The highest BCUT2D eigenvalue weighted by Gasteiger charge is 2.76. The van der Waals surface area contributed by atoms with Crippen LogP contribution in [-0.4, -0.2) is 69.5 Å². The minimum Gasteiger partial charge on any atom is -0.393 e. The predicted molar refractivity (Wildman–Crippen MR) is 122 cm³/mol. The number of hydrogen-bond donors (Lipinski definition) is 4. The molecule has 0 aromatic carbocycles. The first-order valence-electron chi connectivity index (χ1n) is 11.8. The average Bonchev–Trinajstić information content (AvgIpc) is 3.12. The van der Waals surface area contributed by atoms with Crippen LogP contribution >= 0.6 is 0 Å². The summed E-state index contributed by atoms with van der Waals surface area (Å²) in [6.07, 6.45) is 7.04. The third kappa shape index (κ3) is 4.05. The van der Waals surface area contributed by atoms with Crippen LogP contribution in [0.4, 0.5) is 0 Å². The lowest BCUT2D eigenvalue weighted by atomic mass is 9.46. The SMILES string of the molecule is CC1(C)O[C@@H]2C[C@H]3[C@@H]4CCC5=CC(=O)C=C[C@]5(C)[C@H]4[C@@H](O)C[C@]3(C)[C@]2(C(=O)CO)O1.O=S(=O)(O)O. The van der Waals surface area contributed by atoms with Gasteiger partial charge in [0.2, 0.25) is 0 Å². The summed E-state index contributed by atoms with van der Waals surface area (Å²) in [5, 5.41) is 21.3. The summed E-state index contributed by atoms with van der Waals surface area (Å²) < 4.78 is 44.1. The molecule has 4 N–H and O–H groups in total. The second-order valence-corrected chi connectivity index (χ2v) is 12.2. The van der Waals surface area contributed by atoms with E-state index in [1.165, 1.54) is 0 Å². The Labute approximate surface area is 205 Å². The summed E-state index contributed by atoms with van der Waals surface area (Å²) >= 11 is 0. The molecule has 11 heteroatoms. The summed E-state index contributed by atoms with van der Waals surface area (Å²) in [4.78, 5) is 25.1. The number of carbonyl (C=O) groups is 2. The van der Waals surface area contributed by atoms with E-state index in [1.54, 1.807) is 26.0 Å². The van der Waals surface area contributed by atoms with Crippen LogP contribution in [0.5, 0.6) is 0 Å². The van der Waals surface area contributed by atoms with Gasteiger partial charge >= 0.3 is 10.4 Å². The van der Waals surface area contributed by atoms with E-state index in [-0.39, 0.29) is 34.7 Å². The molecule has 1 heterocycles. The molecule has 3 saturated carbocycles. The first kappa shape index (κ1) is 26.6. The van der Waals surface area contributed by atoms with Crippen molar-refractivity contribution in [3.63, 3.8) is 0 Å². The Morgan fingerprint density at radius 2 is 1.83 bits per heavy atom. The highest BCUT2D eigenvalue weighted by molar-refractivity contribution is 7.79. The zero-order valence-corrected chi connectivity index (χ0v) is 21.1. The van der Waals surface area contributed by atoms with Crippen molar-refractivity contribution >= 4 is 22.0 Å². The molecular formula is C24H34O10S. The number of ketones is 2. The zero-order valence-electron chi connectivity index (χ0n) is 20.3.